The first-order chi connectivity index (χ1) is 14.5. The molecule has 0 bridgehead atoms. The van der Waals surface area contributed by atoms with Gasteiger partial charge < -0.3 is 19.4 Å². The van der Waals surface area contributed by atoms with Crippen LogP contribution in [-0.4, -0.2) is 52.7 Å². The number of fused-ring (bicyclic) bond motifs is 1. The van der Waals surface area contributed by atoms with Crippen LogP contribution in [0.4, 0.5) is 11.4 Å². The number of carbonyl (C=O) groups is 1. The third kappa shape index (κ3) is 4.01. The van der Waals surface area contributed by atoms with Crippen LogP contribution in [0.15, 0.2) is 21.7 Å². The Balaban J connectivity index is 1.74. The number of rotatable bonds is 4. The van der Waals surface area contributed by atoms with Crippen molar-refractivity contribution in [3.8, 4) is 0 Å². The average Bonchev–Trinajstić information content (AvgIpc) is 2.77. The van der Waals surface area contributed by atoms with Crippen LogP contribution in [0.2, 0.25) is 0 Å². The number of hydrogen-bond acceptors (Lipinski definition) is 5. The normalized spacial score (nSPS) is 18.0. The molecular weight excluding hydrogens is 382 g/mol. The van der Waals surface area contributed by atoms with Gasteiger partial charge in [0.15, 0.2) is 0 Å². The molecule has 0 spiro atoms. The number of anilines is 2. The summed E-state index contributed by atoms with van der Waals surface area (Å²) in [6, 6.07) is 3.78. The number of likely N-dealkylation sites (tertiary alicyclic amines) is 1. The molecule has 1 aromatic carbocycles. The van der Waals surface area contributed by atoms with E-state index in [9.17, 15) is 14.4 Å². The van der Waals surface area contributed by atoms with Crippen LogP contribution in [0.1, 0.15) is 38.5 Å². The van der Waals surface area contributed by atoms with Crippen molar-refractivity contribution >= 4 is 28.3 Å². The van der Waals surface area contributed by atoms with E-state index in [1.54, 1.807) is 14.1 Å². The van der Waals surface area contributed by atoms with E-state index in [0.717, 1.165) is 57.5 Å². The molecule has 2 aliphatic rings. The van der Waals surface area contributed by atoms with Gasteiger partial charge in [0.1, 0.15) is 0 Å². The number of aryl methyl sites for hydroxylation is 2. The maximum absolute atomic E-state index is 12.8. The fourth-order valence-corrected chi connectivity index (χ4v) is 4.62. The SMILES string of the molecule is Cn1c(=O)c(=O)n(C)c2cc(N3CCCCC3)c(NC(=O)CN3CCCCC3)cc21. The quantitative estimate of drug-likeness (QED) is 0.771. The molecule has 0 saturated carbocycles. The second kappa shape index (κ2) is 8.63. The molecule has 1 amide bonds. The molecule has 0 radical (unpaired) electrons. The minimum atomic E-state index is -0.568. The van der Waals surface area contributed by atoms with Crippen molar-refractivity contribution in [1.82, 2.24) is 14.0 Å². The molecular formula is C22H31N5O3. The first-order valence-electron chi connectivity index (χ1n) is 11.0. The predicted octanol–water partition coefficient (Wildman–Crippen LogP) is 1.65. The second-order valence-electron chi connectivity index (χ2n) is 8.52. The Morgan fingerprint density at radius 2 is 1.37 bits per heavy atom. The van der Waals surface area contributed by atoms with Crippen LogP contribution in [-0.2, 0) is 18.9 Å². The molecule has 1 N–H and O–H groups in total. The fourth-order valence-electron chi connectivity index (χ4n) is 4.62. The molecule has 0 atom stereocenters. The smallest absolute Gasteiger partial charge is 0.316 e. The van der Waals surface area contributed by atoms with Gasteiger partial charge in [0.25, 0.3) is 0 Å². The molecule has 2 aliphatic heterocycles. The number of carbonyl (C=O) groups excluding carboxylic acids is 1. The minimum Gasteiger partial charge on any atom is -0.370 e. The van der Waals surface area contributed by atoms with Gasteiger partial charge in [0, 0.05) is 27.2 Å². The lowest BCUT2D eigenvalue weighted by Gasteiger charge is -2.31. The number of amides is 1. The van der Waals surface area contributed by atoms with Gasteiger partial charge in [-0.3, -0.25) is 19.3 Å². The van der Waals surface area contributed by atoms with Gasteiger partial charge in [0.2, 0.25) is 5.91 Å². The van der Waals surface area contributed by atoms with Gasteiger partial charge in [-0.15, -0.1) is 0 Å². The fraction of sp³-hybridized carbons (Fsp3) is 0.591. The predicted molar refractivity (Wildman–Crippen MR) is 119 cm³/mol. The molecule has 30 heavy (non-hydrogen) atoms. The summed E-state index contributed by atoms with van der Waals surface area (Å²) in [5.74, 6) is -0.0377. The first kappa shape index (κ1) is 20.7. The molecule has 3 heterocycles. The van der Waals surface area contributed by atoms with Crippen molar-refractivity contribution in [2.45, 2.75) is 38.5 Å². The summed E-state index contributed by atoms with van der Waals surface area (Å²) in [7, 11) is 3.23. The van der Waals surface area contributed by atoms with E-state index >= 15 is 0 Å². The third-order valence-corrected chi connectivity index (χ3v) is 6.39. The van der Waals surface area contributed by atoms with Crippen molar-refractivity contribution in [3.05, 3.63) is 32.8 Å². The van der Waals surface area contributed by atoms with Crippen molar-refractivity contribution < 1.29 is 4.79 Å². The molecule has 2 aromatic rings. The number of hydrogen-bond donors (Lipinski definition) is 1. The lowest BCUT2D eigenvalue weighted by molar-refractivity contribution is -0.117. The minimum absolute atomic E-state index is 0.0377. The molecule has 2 fully saturated rings. The Kier molecular flexibility index (Phi) is 5.94. The van der Waals surface area contributed by atoms with Crippen LogP contribution in [0, 0.1) is 0 Å². The van der Waals surface area contributed by atoms with E-state index in [-0.39, 0.29) is 5.91 Å². The van der Waals surface area contributed by atoms with E-state index < -0.39 is 11.1 Å². The number of piperidine rings is 2. The van der Waals surface area contributed by atoms with E-state index in [1.807, 2.05) is 12.1 Å². The van der Waals surface area contributed by atoms with Crippen LogP contribution in [0.25, 0.3) is 11.0 Å². The molecule has 1 aromatic heterocycles. The molecule has 4 rings (SSSR count). The van der Waals surface area contributed by atoms with E-state index in [4.69, 9.17) is 0 Å². The standard InChI is InChI=1S/C22H31N5O3/c1-24-18-13-16(23-20(28)15-26-9-5-3-6-10-26)17(27-11-7-4-8-12-27)14-19(18)25(2)22(30)21(24)29/h13-14H,3-12,15H2,1-2H3,(H,23,28). The molecule has 2 saturated heterocycles. The summed E-state index contributed by atoms with van der Waals surface area (Å²) in [6.45, 7) is 4.13. The van der Waals surface area contributed by atoms with Gasteiger partial charge >= 0.3 is 11.1 Å². The van der Waals surface area contributed by atoms with Gasteiger partial charge in [-0.2, -0.15) is 0 Å². The van der Waals surface area contributed by atoms with Crippen LogP contribution < -0.4 is 21.3 Å². The summed E-state index contributed by atoms with van der Waals surface area (Å²) < 4.78 is 2.78. The number of aromatic nitrogens is 2. The lowest BCUT2D eigenvalue weighted by atomic mass is 10.1. The van der Waals surface area contributed by atoms with Crippen LogP contribution in [0.3, 0.4) is 0 Å². The summed E-state index contributed by atoms with van der Waals surface area (Å²) in [4.78, 5) is 41.9. The largest absolute Gasteiger partial charge is 0.370 e. The maximum atomic E-state index is 12.8. The highest BCUT2D eigenvalue weighted by molar-refractivity contribution is 5.99. The van der Waals surface area contributed by atoms with Gasteiger partial charge in [-0.05, 0) is 57.3 Å². The Morgan fingerprint density at radius 1 is 0.833 bits per heavy atom. The Bertz CT molecular complexity index is 1060. The molecule has 8 heteroatoms. The topological polar surface area (TPSA) is 79.6 Å². The van der Waals surface area contributed by atoms with Crippen LogP contribution in [0.5, 0.6) is 0 Å². The van der Waals surface area contributed by atoms with Crippen molar-refractivity contribution in [2.75, 3.05) is 42.9 Å². The zero-order valence-corrected chi connectivity index (χ0v) is 17.9. The van der Waals surface area contributed by atoms with Crippen LogP contribution >= 0.6 is 0 Å². The Morgan fingerprint density at radius 3 is 1.97 bits per heavy atom. The van der Waals surface area contributed by atoms with Crippen molar-refractivity contribution in [2.24, 2.45) is 14.1 Å². The third-order valence-electron chi connectivity index (χ3n) is 6.39. The number of nitrogens with zero attached hydrogens (tertiary/aromatic N) is 4. The number of nitrogens with one attached hydrogen (secondary N) is 1. The van der Waals surface area contributed by atoms with Gasteiger partial charge in [-0.1, -0.05) is 6.42 Å². The molecule has 0 aliphatic carbocycles. The summed E-state index contributed by atoms with van der Waals surface area (Å²) >= 11 is 0. The van der Waals surface area contributed by atoms with Gasteiger partial charge in [-0.25, -0.2) is 0 Å². The number of benzene rings is 1. The zero-order valence-electron chi connectivity index (χ0n) is 17.9. The summed E-state index contributed by atoms with van der Waals surface area (Å²) in [6.07, 6.45) is 6.91. The maximum Gasteiger partial charge on any atom is 0.316 e. The zero-order chi connectivity index (χ0) is 21.3. The highest BCUT2D eigenvalue weighted by Gasteiger charge is 2.21. The first-order valence-corrected chi connectivity index (χ1v) is 11.0. The Hall–Kier alpha value is -2.61. The summed E-state index contributed by atoms with van der Waals surface area (Å²) in [5, 5.41) is 3.10. The monoisotopic (exact) mass is 413 g/mol. The Labute approximate surface area is 176 Å². The molecule has 8 nitrogen and oxygen atoms in total. The summed E-state index contributed by atoms with van der Waals surface area (Å²) in [5.41, 5.74) is 1.84. The van der Waals surface area contributed by atoms with Crippen molar-refractivity contribution in [3.63, 3.8) is 0 Å². The highest BCUT2D eigenvalue weighted by Crippen LogP contribution is 2.32. The van der Waals surface area contributed by atoms with E-state index in [1.165, 1.54) is 22.0 Å². The average molecular weight is 414 g/mol. The van der Waals surface area contributed by atoms with Gasteiger partial charge in [0.05, 0.1) is 29.0 Å². The second-order valence-corrected chi connectivity index (χ2v) is 8.52. The molecule has 162 valence electrons. The van der Waals surface area contributed by atoms with E-state index in [2.05, 4.69) is 15.1 Å². The highest BCUT2D eigenvalue weighted by atomic mass is 16.2. The van der Waals surface area contributed by atoms with E-state index in [0.29, 0.717) is 23.3 Å². The molecule has 0 unspecified atom stereocenters. The van der Waals surface area contributed by atoms with Crippen molar-refractivity contribution in [1.29, 1.82) is 0 Å². The lowest BCUT2D eigenvalue weighted by Crippen LogP contribution is -2.40.